The number of anilines is 1. The summed E-state index contributed by atoms with van der Waals surface area (Å²) in [6, 6.07) is 20.1. The first-order chi connectivity index (χ1) is 19.9. The number of thioether (sulfide) groups is 1. The van der Waals surface area contributed by atoms with E-state index >= 15 is 0 Å². The quantitative estimate of drug-likeness (QED) is 0.108. The number of alkyl halides is 4. The van der Waals surface area contributed by atoms with Crippen LogP contribution < -0.4 is 5.32 Å². The van der Waals surface area contributed by atoms with Gasteiger partial charge >= 0.3 is 6.18 Å². The van der Waals surface area contributed by atoms with E-state index in [1.807, 2.05) is 18.2 Å². The van der Waals surface area contributed by atoms with Crippen LogP contribution in [0.1, 0.15) is 23.6 Å². The van der Waals surface area contributed by atoms with Crippen molar-refractivity contribution in [2.75, 3.05) is 11.9 Å². The third kappa shape index (κ3) is 5.25. The van der Waals surface area contributed by atoms with Crippen LogP contribution in [-0.4, -0.2) is 21.6 Å². The highest BCUT2D eigenvalue weighted by Gasteiger charge is 2.41. The summed E-state index contributed by atoms with van der Waals surface area (Å²) in [6.45, 7) is 2.26. The topological polar surface area (TPSA) is 29.9 Å². The lowest BCUT2D eigenvalue weighted by Gasteiger charge is -2.26. The van der Waals surface area contributed by atoms with E-state index in [0.29, 0.717) is 24.2 Å². The number of nitrogens with one attached hydrogen (secondary N) is 1. The average molecular weight is 709 g/mol. The van der Waals surface area contributed by atoms with E-state index in [9.17, 15) is 26.3 Å². The van der Waals surface area contributed by atoms with Crippen LogP contribution in [0, 0.1) is 17.5 Å². The third-order valence-corrected chi connectivity index (χ3v) is 10.7. The molecule has 6 rings (SSSR count). The highest BCUT2D eigenvalue weighted by Crippen LogP contribution is 2.53. The van der Waals surface area contributed by atoms with Crippen LogP contribution >= 0.6 is 34.4 Å². The second-order valence-electron chi connectivity index (χ2n) is 10.2. The molecule has 0 spiro atoms. The Morgan fingerprint density at radius 3 is 2.38 bits per heavy atom. The summed E-state index contributed by atoms with van der Waals surface area (Å²) in [4.78, 5) is 1.23. The van der Waals surface area contributed by atoms with Gasteiger partial charge in [0.15, 0.2) is 0 Å². The molecule has 216 valence electrons. The molecule has 5 aromatic rings. The largest absolute Gasteiger partial charge is 0.418 e. The number of nitrogens with zero attached hydrogens (tertiary/aromatic N) is 2. The van der Waals surface area contributed by atoms with E-state index in [0.717, 1.165) is 16.4 Å². The summed E-state index contributed by atoms with van der Waals surface area (Å²) in [5.74, 6) is -3.40. The molecule has 4 aromatic carbocycles. The number of rotatable bonds is 6. The van der Waals surface area contributed by atoms with Crippen molar-refractivity contribution in [2.24, 2.45) is 0 Å². The van der Waals surface area contributed by atoms with Crippen molar-refractivity contribution in [2.45, 2.75) is 33.2 Å². The molecular weight excluding hydrogens is 687 g/mol. The van der Waals surface area contributed by atoms with Crippen molar-refractivity contribution >= 4 is 50.9 Å². The highest BCUT2D eigenvalue weighted by molar-refractivity contribution is 14.1. The molecule has 1 aliphatic heterocycles. The Morgan fingerprint density at radius 1 is 0.952 bits per heavy atom. The molecule has 0 saturated heterocycles. The van der Waals surface area contributed by atoms with Gasteiger partial charge in [-0.25, -0.2) is 13.2 Å². The Hall–Kier alpha value is -3.19. The normalized spacial score (nSPS) is 18.4. The van der Waals surface area contributed by atoms with Crippen molar-refractivity contribution in [1.29, 1.82) is 0 Å². The lowest BCUT2D eigenvalue weighted by molar-refractivity contribution is -0.136. The SMILES string of the molecule is CC1(I)c2ccccc2SC1CNc1cccc(-c2c3cccc(C(F)(F)F)c3nn2Cc2c(F)cc(F)cc2F)c1. The van der Waals surface area contributed by atoms with Crippen molar-refractivity contribution in [3.05, 3.63) is 113 Å². The Bertz CT molecular complexity index is 1790. The molecule has 1 aliphatic rings. The number of hydrogen-bond acceptors (Lipinski definition) is 3. The highest BCUT2D eigenvalue weighted by atomic mass is 127. The number of fused-ring (bicyclic) bond motifs is 2. The summed E-state index contributed by atoms with van der Waals surface area (Å²) in [5.41, 5.74) is 0.937. The van der Waals surface area contributed by atoms with E-state index in [1.54, 1.807) is 30.0 Å². The number of halogens is 7. The molecule has 2 atom stereocenters. The first kappa shape index (κ1) is 28.9. The number of benzene rings is 4. The van der Waals surface area contributed by atoms with Gasteiger partial charge in [-0.15, -0.1) is 11.8 Å². The molecule has 0 saturated carbocycles. The van der Waals surface area contributed by atoms with Gasteiger partial charge in [0.05, 0.1) is 21.2 Å². The van der Waals surface area contributed by atoms with Gasteiger partial charge in [-0.05, 0) is 36.8 Å². The van der Waals surface area contributed by atoms with Crippen LogP contribution in [0.25, 0.3) is 22.2 Å². The second kappa shape index (κ2) is 10.8. The number of hydrogen-bond donors (Lipinski definition) is 1. The molecule has 3 nitrogen and oxygen atoms in total. The van der Waals surface area contributed by atoms with Crippen LogP contribution in [-0.2, 0) is 16.1 Å². The Morgan fingerprint density at radius 2 is 1.67 bits per heavy atom. The Kier molecular flexibility index (Phi) is 7.45. The molecule has 11 heteroatoms. The fourth-order valence-corrected chi connectivity index (χ4v) is 7.94. The fraction of sp³-hybridized carbons (Fsp3) is 0.194. The lowest BCUT2D eigenvalue weighted by atomic mass is 9.97. The maximum Gasteiger partial charge on any atom is 0.418 e. The van der Waals surface area contributed by atoms with E-state index in [4.69, 9.17) is 0 Å². The van der Waals surface area contributed by atoms with Crippen LogP contribution in [0.5, 0.6) is 0 Å². The fourth-order valence-electron chi connectivity index (χ4n) is 5.30. The zero-order chi connectivity index (χ0) is 29.8. The monoisotopic (exact) mass is 709 g/mol. The molecular formula is C31H22F6IN3S. The summed E-state index contributed by atoms with van der Waals surface area (Å²) in [5, 5.41) is 8.03. The first-order valence-corrected chi connectivity index (χ1v) is 14.9. The smallest absolute Gasteiger partial charge is 0.384 e. The van der Waals surface area contributed by atoms with Crippen LogP contribution in [0.15, 0.2) is 83.8 Å². The molecule has 0 aliphatic carbocycles. The molecule has 2 unspecified atom stereocenters. The van der Waals surface area contributed by atoms with Crippen LogP contribution in [0.4, 0.5) is 32.0 Å². The molecule has 0 amide bonds. The summed E-state index contributed by atoms with van der Waals surface area (Å²) >= 11 is 4.26. The van der Waals surface area contributed by atoms with E-state index in [-0.39, 0.29) is 25.3 Å². The lowest BCUT2D eigenvalue weighted by Crippen LogP contribution is -2.30. The number of aromatic nitrogens is 2. The minimum absolute atomic E-state index is 0.115. The minimum Gasteiger partial charge on any atom is -0.384 e. The predicted molar refractivity (Wildman–Crippen MR) is 162 cm³/mol. The first-order valence-electron chi connectivity index (χ1n) is 12.9. The Labute approximate surface area is 255 Å². The van der Waals surface area contributed by atoms with Crippen LogP contribution in [0.3, 0.4) is 0 Å². The Balaban J connectivity index is 1.39. The summed E-state index contributed by atoms with van der Waals surface area (Å²) in [7, 11) is 0. The van der Waals surface area contributed by atoms with Crippen molar-refractivity contribution < 1.29 is 26.3 Å². The van der Waals surface area contributed by atoms with E-state index in [1.165, 1.54) is 22.6 Å². The van der Waals surface area contributed by atoms with Gasteiger partial charge in [-0.3, -0.25) is 4.68 Å². The van der Waals surface area contributed by atoms with Gasteiger partial charge in [0.1, 0.15) is 23.0 Å². The van der Waals surface area contributed by atoms with Crippen molar-refractivity contribution in [1.82, 2.24) is 9.78 Å². The standard InChI is InChI=1S/C31H22F6IN3S/c1-30(38)22-9-2-3-11-26(22)42-27(30)15-39-19-7-4-6-17(12-19)29-20-8-5-10-23(31(35,36)37)28(20)40-41(29)16-21-24(33)13-18(32)14-25(21)34/h2-14,27,39H,15-16H2,1H3. The molecule has 42 heavy (non-hydrogen) atoms. The third-order valence-electron chi connectivity index (χ3n) is 7.40. The van der Waals surface area contributed by atoms with Crippen molar-refractivity contribution in [3.63, 3.8) is 0 Å². The van der Waals surface area contributed by atoms with E-state index < -0.39 is 41.3 Å². The van der Waals surface area contributed by atoms with Gasteiger partial charge in [0.25, 0.3) is 0 Å². The van der Waals surface area contributed by atoms with Crippen LogP contribution in [0.2, 0.25) is 0 Å². The molecule has 0 radical (unpaired) electrons. The zero-order valence-corrected chi connectivity index (χ0v) is 24.9. The maximum atomic E-state index is 14.6. The predicted octanol–water partition coefficient (Wildman–Crippen LogP) is 9.42. The molecule has 2 heterocycles. The van der Waals surface area contributed by atoms with Gasteiger partial charge in [0.2, 0.25) is 0 Å². The van der Waals surface area contributed by atoms with E-state index in [2.05, 4.69) is 52.1 Å². The zero-order valence-electron chi connectivity index (χ0n) is 21.9. The van der Waals surface area contributed by atoms with Crippen molar-refractivity contribution in [3.8, 4) is 11.3 Å². The minimum atomic E-state index is -4.70. The van der Waals surface area contributed by atoms with Gasteiger partial charge in [-0.2, -0.15) is 18.3 Å². The molecule has 0 bridgehead atoms. The molecule has 0 fully saturated rings. The summed E-state index contributed by atoms with van der Waals surface area (Å²) < 4.78 is 85.6. The maximum absolute atomic E-state index is 14.6. The molecule has 1 aromatic heterocycles. The molecule has 1 N–H and O–H groups in total. The summed E-state index contributed by atoms with van der Waals surface area (Å²) in [6.07, 6.45) is -4.70. The van der Waals surface area contributed by atoms with Gasteiger partial charge < -0.3 is 5.32 Å². The van der Waals surface area contributed by atoms with Gasteiger partial charge in [0, 0.05) is 51.0 Å². The van der Waals surface area contributed by atoms with Gasteiger partial charge in [-0.1, -0.05) is 65.1 Å². The second-order valence-corrected chi connectivity index (χ2v) is 13.7. The average Bonchev–Trinajstić information content (AvgIpc) is 3.42.